The molecule has 2 rings (SSSR count). The van der Waals surface area contributed by atoms with Crippen molar-refractivity contribution in [2.75, 3.05) is 0 Å². The van der Waals surface area contributed by atoms with E-state index in [0.29, 0.717) is 5.56 Å². The SMILES string of the molecule is C[Si](C)(C)c1ccc(C=Nc2ccc(C#N)cc2)n1[Si](C)(C)C. The first-order valence-corrected chi connectivity index (χ1v) is 14.8. The van der Waals surface area contributed by atoms with Crippen LogP contribution in [-0.4, -0.2) is 26.8 Å². The van der Waals surface area contributed by atoms with E-state index < -0.39 is 16.3 Å². The molecule has 3 nitrogen and oxygen atoms in total. The average molecular weight is 340 g/mol. The van der Waals surface area contributed by atoms with E-state index in [1.165, 1.54) is 11.0 Å². The fraction of sp³-hybridized carbons (Fsp3) is 0.333. The second-order valence-electron chi connectivity index (χ2n) is 7.82. The Balaban J connectivity index is 2.42. The van der Waals surface area contributed by atoms with Gasteiger partial charge in [-0.2, -0.15) is 5.26 Å². The van der Waals surface area contributed by atoms with Crippen LogP contribution in [0.2, 0.25) is 39.3 Å². The molecule has 0 aliphatic carbocycles. The van der Waals surface area contributed by atoms with Crippen molar-refractivity contribution < 1.29 is 0 Å². The molecule has 0 N–H and O–H groups in total. The van der Waals surface area contributed by atoms with Crippen LogP contribution >= 0.6 is 0 Å². The van der Waals surface area contributed by atoms with E-state index >= 15 is 0 Å². The van der Waals surface area contributed by atoms with Gasteiger partial charge in [-0.3, -0.25) is 4.99 Å². The molecule has 2 aromatic rings. The Morgan fingerprint density at radius 2 is 1.57 bits per heavy atom. The van der Waals surface area contributed by atoms with Gasteiger partial charge in [0.2, 0.25) is 0 Å². The van der Waals surface area contributed by atoms with Gasteiger partial charge >= 0.3 is 0 Å². The highest BCUT2D eigenvalue weighted by Crippen LogP contribution is 2.16. The summed E-state index contributed by atoms with van der Waals surface area (Å²) in [5.41, 5.74) is 2.73. The average Bonchev–Trinajstić information content (AvgIpc) is 2.90. The van der Waals surface area contributed by atoms with E-state index in [0.717, 1.165) is 5.69 Å². The van der Waals surface area contributed by atoms with Crippen LogP contribution in [0, 0.1) is 11.3 Å². The highest BCUT2D eigenvalue weighted by molar-refractivity contribution is 6.90. The van der Waals surface area contributed by atoms with Gasteiger partial charge in [0.1, 0.15) is 0 Å². The molecule has 0 spiro atoms. The van der Waals surface area contributed by atoms with Crippen molar-refractivity contribution in [3.05, 3.63) is 47.7 Å². The third kappa shape index (κ3) is 4.09. The molecule has 0 bridgehead atoms. The summed E-state index contributed by atoms with van der Waals surface area (Å²) < 4.78 is 2.55. The molecule has 0 saturated carbocycles. The maximum Gasteiger partial charge on any atom is 0.152 e. The van der Waals surface area contributed by atoms with E-state index in [1.807, 2.05) is 18.3 Å². The van der Waals surface area contributed by atoms with E-state index in [4.69, 9.17) is 5.26 Å². The molecule has 0 unspecified atom stereocenters. The number of nitrogens with zero attached hydrogens (tertiary/aromatic N) is 3. The van der Waals surface area contributed by atoms with Gasteiger partial charge in [-0.05, 0) is 41.7 Å². The number of hydrogen-bond acceptors (Lipinski definition) is 2. The molecular weight excluding hydrogens is 314 g/mol. The molecule has 0 fully saturated rings. The van der Waals surface area contributed by atoms with Crippen LogP contribution < -0.4 is 5.32 Å². The molecule has 120 valence electrons. The minimum Gasteiger partial charge on any atom is -0.375 e. The lowest BCUT2D eigenvalue weighted by Crippen LogP contribution is -2.51. The smallest absolute Gasteiger partial charge is 0.152 e. The van der Waals surface area contributed by atoms with Crippen molar-refractivity contribution in [3.63, 3.8) is 0 Å². The first-order valence-electron chi connectivity index (χ1n) is 7.90. The molecule has 5 heteroatoms. The largest absolute Gasteiger partial charge is 0.375 e. The molecule has 0 radical (unpaired) electrons. The second-order valence-corrected chi connectivity index (χ2v) is 17.6. The van der Waals surface area contributed by atoms with Gasteiger partial charge in [0, 0.05) is 0 Å². The van der Waals surface area contributed by atoms with Crippen molar-refractivity contribution in [1.29, 1.82) is 5.26 Å². The topological polar surface area (TPSA) is 41.1 Å². The number of aliphatic imine (C=N–C) groups is 1. The van der Waals surface area contributed by atoms with Crippen molar-refractivity contribution >= 4 is 33.5 Å². The van der Waals surface area contributed by atoms with E-state index in [2.05, 4.69) is 66.7 Å². The summed E-state index contributed by atoms with van der Waals surface area (Å²) in [4.78, 5) is 4.60. The van der Waals surface area contributed by atoms with Crippen LogP contribution in [0.5, 0.6) is 0 Å². The van der Waals surface area contributed by atoms with Crippen LogP contribution in [-0.2, 0) is 0 Å². The number of hydrogen-bond donors (Lipinski definition) is 0. The Kier molecular flexibility index (Phi) is 4.78. The van der Waals surface area contributed by atoms with Crippen LogP contribution in [0.4, 0.5) is 5.69 Å². The summed E-state index contributed by atoms with van der Waals surface area (Å²) in [6, 6.07) is 14.0. The van der Waals surface area contributed by atoms with E-state index in [1.54, 1.807) is 12.1 Å². The zero-order valence-corrected chi connectivity index (χ0v) is 16.9. The molecule has 23 heavy (non-hydrogen) atoms. The van der Waals surface area contributed by atoms with Crippen molar-refractivity contribution in [3.8, 4) is 6.07 Å². The maximum atomic E-state index is 8.86. The molecule has 0 amide bonds. The normalized spacial score (nSPS) is 12.6. The molecular formula is C18H25N3Si2. The summed E-state index contributed by atoms with van der Waals surface area (Å²) in [7, 11) is -2.90. The summed E-state index contributed by atoms with van der Waals surface area (Å²) in [6.07, 6.45) is 1.96. The Labute approximate surface area is 141 Å². The van der Waals surface area contributed by atoms with Crippen molar-refractivity contribution in [1.82, 2.24) is 4.23 Å². The van der Waals surface area contributed by atoms with Gasteiger partial charge in [0.25, 0.3) is 0 Å². The quantitative estimate of drug-likeness (QED) is 0.603. The Hall–Kier alpha value is -1.91. The van der Waals surface area contributed by atoms with Gasteiger partial charge in [-0.15, -0.1) is 0 Å². The molecule has 1 heterocycles. The van der Waals surface area contributed by atoms with E-state index in [9.17, 15) is 0 Å². The zero-order valence-electron chi connectivity index (χ0n) is 14.9. The Morgan fingerprint density at radius 1 is 0.957 bits per heavy atom. The highest BCUT2D eigenvalue weighted by atomic mass is 28.3. The molecule has 0 saturated heterocycles. The Bertz CT molecular complexity index is 752. The summed E-state index contributed by atoms with van der Waals surface area (Å²) in [6.45, 7) is 14.3. The molecule has 1 aromatic carbocycles. The van der Waals surface area contributed by atoms with Gasteiger partial charge < -0.3 is 4.23 Å². The molecule has 0 atom stereocenters. The monoisotopic (exact) mass is 339 g/mol. The fourth-order valence-corrected chi connectivity index (χ4v) is 7.75. The van der Waals surface area contributed by atoms with Crippen LogP contribution in [0.15, 0.2) is 41.4 Å². The third-order valence-electron chi connectivity index (χ3n) is 3.69. The van der Waals surface area contributed by atoms with Crippen molar-refractivity contribution in [2.45, 2.75) is 39.3 Å². The number of rotatable bonds is 4. The Morgan fingerprint density at radius 3 is 2.04 bits per heavy atom. The van der Waals surface area contributed by atoms with Gasteiger partial charge in [-0.1, -0.05) is 39.3 Å². The summed E-state index contributed by atoms with van der Waals surface area (Å²) in [5.74, 6) is 0. The first-order chi connectivity index (χ1) is 10.6. The lowest BCUT2D eigenvalue weighted by atomic mass is 10.2. The third-order valence-corrected chi connectivity index (χ3v) is 7.68. The predicted molar refractivity (Wildman–Crippen MR) is 105 cm³/mol. The number of benzene rings is 1. The maximum absolute atomic E-state index is 8.86. The number of aromatic nitrogens is 1. The summed E-state index contributed by atoms with van der Waals surface area (Å²) >= 11 is 0. The highest BCUT2D eigenvalue weighted by Gasteiger charge is 2.28. The minimum absolute atomic E-state index is 0.662. The van der Waals surface area contributed by atoms with E-state index in [-0.39, 0.29) is 0 Å². The zero-order chi connectivity index (χ0) is 17.3. The minimum atomic E-state index is -1.52. The second kappa shape index (κ2) is 6.30. The lowest BCUT2D eigenvalue weighted by molar-refractivity contribution is 1.16. The first kappa shape index (κ1) is 17.4. The van der Waals surface area contributed by atoms with Crippen molar-refractivity contribution in [2.24, 2.45) is 4.99 Å². The van der Waals surface area contributed by atoms with Crippen LogP contribution in [0.1, 0.15) is 11.3 Å². The summed E-state index contributed by atoms with van der Waals surface area (Å²) in [5, 5.41) is 10.4. The van der Waals surface area contributed by atoms with Crippen LogP contribution in [0.25, 0.3) is 0 Å². The number of nitriles is 1. The standard InChI is InChI=1S/C18H25N3Si2/c1-22(2,3)18-12-11-17(21(18)23(4,5)6)14-20-16-9-7-15(13-19)8-10-16/h7-12,14H,1-6H3. The van der Waals surface area contributed by atoms with Gasteiger partial charge in [0.05, 0.1) is 37.3 Å². The fourth-order valence-electron chi connectivity index (χ4n) is 2.65. The molecule has 1 aromatic heterocycles. The predicted octanol–water partition coefficient (Wildman–Crippen LogP) is 4.34. The molecule has 0 aliphatic rings. The van der Waals surface area contributed by atoms with Gasteiger partial charge in [-0.25, -0.2) is 0 Å². The van der Waals surface area contributed by atoms with Crippen LogP contribution in [0.3, 0.4) is 0 Å². The van der Waals surface area contributed by atoms with Gasteiger partial charge in [0.15, 0.2) is 8.24 Å². The lowest BCUT2D eigenvalue weighted by Gasteiger charge is -2.29. The molecule has 0 aliphatic heterocycles.